The van der Waals surface area contributed by atoms with Crippen molar-refractivity contribution >= 4 is 29.7 Å². The molecule has 2 amide bonds. The number of piperidine rings is 1. The van der Waals surface area contributed by atoms with E-state index in [0.717, 1.165) is 48.7 Å². The van der Waals surface area contributed by atoms with Gasteiger partial charge in [0.1, 0.15) is 17.6 Å². The van der Waals surface area contributed by atoms with Crippen molar-refractivity contribution in [3.05, 3.63) is 23.7 Å². The van der Waals surface area contributed by atoms with Gasteiger partial charge >= 0.3 is 6.09 Å². The first-order chi connectivity index (χ1) is 17.7. The van der Waals surface area contributed by atoms with Crippen molar-refractivity contribution in [1.82, 2.24) is 24.7 Å². The highest BCUT2D eigenvalue weighted by atomic mass is 16.6. The van der Waals surface area contributed by atoms with E-state index in [4.69, 9.17) is 9.73 Å². The minimum Gasteiger partial charge on any atom is -0.442 e. The number of amides is 2. The number of carbonyl (C=O) groups excluding carboxylic acids is 2. The molecule has 2 saturated heterocycles. The SMILES string of the molecule is Cc1nc2c(c(NC3CCN(C(=O)OC4CN(C(=O)/C=C/CN(C)C)C4)CC3)n1)N=CC(C(C)C)CC2. The van der Waals surface area contributed by atoms with Gasteiger partial charge in [-0.15, -0.1) is 0 Å². The highest BCUT2D eigenvalue weighted by Gasteiger charge is 2.34. The molecule has 0 saturated carbocycles. The van der Waals surface area contributed by atoms with E-state index in [2.05, 4.69) is 35.3 Å². The number of nitrogens with zero attached hydrogens (tertiary/aromatic N) is 6. The van der Waals surface area contributed by atoms with Crippen molar-refractivity contribution in [2.24, 2.45) is 16.8 Å². The molecule has 4 rings (SSSR count). The zero-order chi connectivity index (χ0) is 26.5. The van der Waals surface area contributed by atoms with Crippen LogP contribution in [0.5, 0.6) is 0 Å². The van der Waals surface area contributed by atoms with E-state index in [9.17, 15) is 9.59 Å². The number of ether oxygens (including phenoxy) is 1. The van der Waals surface area contributed by atoms with Gasteiger partial charge in [-0.1, -0.05) is 19.9 Å². The van der Waals surface area contributed by atoms with Crippen LogP contribution in [-0.2, 0) is 16.0 Å². The number of carbonyl (C=O) groups is 2. The first kappa shape index (κ1) is 27.0. The van der Waals surface area contributed by atoms with Crippen molar-refractivity contribution in [1.29, 1.82) is 0 Å². The Balaban J connectivity index is 1.24. The molecule has 4 heterocycles. The van der Waals surface area contributed by atoms with Crippen molar-refractivity contribution in [2.45, 2.75) is 58.6 Å². The lowest BCUT2D eigenvalue weighted by molar-refractivity contribution is -0.136. The molecule has 3 aliphatic heterocycles. The molecule has 2 fully saturated rings. The van der Waals surface area contributed by atoms with E-state index >= 15 is 0 Å². The Hall–Kier alpha value is -3.01. The third kappa shape index (κ3) is 7.06. The van der Waals surface area contributed by atoms with Crippen LogP contribution in [0.4, 0.5) is 16.3 Å². The summed E-state index contributed by atoms with van der Waals surface area (Å²) < 4.78 is 5.64. The average molecular weight is 512 g/mol. The second kappa shape index (κ2) is 12.0. The second-order valence-corrected chi connectivity index (χ2v) is 11.0. The van der Waals surface area contributed by atoms with Gasteiger partial charge in [-0.25, -0.2) is 14.8 Å². The molecular formula is C27H41N7O3. The van der Waals surface area contributed by atoms with Crippen LogP contribution in [0.15, 0.2) is 17.1 Å². The lowest BCUT2D eigenvalue weighted by Crippen LogP contribution is -2.56. The molecule has 37 heavy (non-hydrogen) atoms. The van der Waals surface area contributed by atoms with Gasteiger partial charge < -0.3 is 24.8 Å². The molecule has 0 spiro atoms. The van der Waals surface area contributed by atoms with Gasteiger partial charge in [0.25, 0.3) is 0 Å². The average Bonchev–Trinajstić information content (AvgIpc) is 3.04. The van der Waals surface area contributed by atoms with E-state index in [1.165, 1.54) is 0 Å². The zero-order valence-electron chi connectivity index (χ0n) is 22.8. The van der Waals surface area contributed by atoms with Crippen molar-refractivity contribution in [3.63, 3.8) is 0 Å². The smallest absolute Gasteiger partial charge is 0.410 e. The molecule has 1 aromatic rings. The highest BCUT2D eigenvalue weighted by Crippen LogP contribution is 2.33. The number of likely N-dealkylation sites (tertiary alicyclic amines) is 2. The van der Waals surface area contributed by atoms with Gasteiger partial charge in [-0.2, -0.15) is 0 Å². The summed E-state index contributed by atoms with van der Waals surface area (Å²) in [6.07, 6.45) is 8.51. The summed E-state index contributed by atoms with van der Waals surface area (Å²) in [5.74, 6) is 2.49. The molecule has 0 bridgehead atoms. The van der Waals surface area contributed by atoms with E-state index < -0.39 is 0 Å². The highest BCUT2D eigenvalue weighted by molar-refractivity contribution is 5.88. The molecule has 0 aromatic carbocycles. The third-order valence-corrected chi connectivity index (χ3v) is 7.29. The van der Waals surface area contributed by atoms with Crippen LogP contribution in [0.1, 0.15) is 44.6 Å². The van der Waals surface area contributed by atoms with E-state index in [-0.39, 0.29) is 24.1 Å². The van der Waals surface area contributed by atoms with Crippen molar-refractivity contribution in [3.8, 4) is 0 Å². The molecule has 1 aromatic heterocycles. The zero-order valence-corrected chi connectivity index (χ0v) is 22.8. The Morgan fingerprint density at radius 2 is 1.89 bits per heavy atom. The Morgan fingerprint density at radius 3 is 2.57 bits per heavy atom. The monoisotopic (exact) mass is 511 g/mol. The van der Waals surface area contributed by atoms with Crippen LogP contribution < -0.4 is 5.32 Å². The number of anilines is 1. The topological polar surface area (TPSA) is 103 Å². The predicted molar refractivity (Wildman–Crippen MR) is 144 cm³/mol. The summed E-state index contributed by atoms with van der Waals surface area (Å²) in [7, 11) is 3.91. The van der Waals surface area contributed by atoms with Crippen LogP contribution in [0.3, 0.4) is 0 Å². The number of aliphatic imine (C=N–C) groups is 1. The van der Waals surface area contributed by atoms with Gasteiger partial charge in [0.15, 0.2) is 5.82 Å². The maximum absolute atomic E-state index is 12.7. The fourth-order valence-corrected chi connectivity index (χ4v) is 4.87. The normalized spacial score (nSPS) is 20.8. The number of fused-ring (bicyclic) bond motifs is 1. The summed E-state index contributed by atoms with van der Waals surface area (Å²) in [5, 5.41) is 3.59. The van der Waals surface area contributed by atoms with Gasteiger partial charge in [-0.05, 0) is 58.5 Å². The van der Waals surface area contributed by atoms with Crippen molar-refractivity contribution < 1.29 is 14.3 Å². The molecular weight excluding hydrogens is 470 g/mol. The third-order valence-electron chi connectivity index (χ3n) is 7.29. The Bertz CT molecular complexity index is 1030. The molecule has 1 unspecified atom stereocenters. The lowest BCUT2D eigenvalue weighted by atomic mass is 9.92. The fraction of sp³-hybridized carbons (Fsp3) is 0.667. The van der Waals surface area contributed by atoms with E-state index in [0.29, 0.717) is 44.6 Å². The molecule has 1 atom stereocenters. The molecule has 1 N–H and O–H groups in total. The van der Waals surface area contributed by atoms with Crippen LogP contribution in [-0.4, -0.2) is 102 Å². The number of aromatic nitrogens is 2. The first-order valence-electron chi connectivity index (χ1n) is 13.4. The Labute approximate surface area is 220 Å². The van der Waals surface area contributed by atoms with Gasteiger partial charge in [0.05, 0.1) is 18.8 Å². The standard InChI is InChI=1S/C27H41N7O3/c1-18(2)20-8-9-23-25(28-15-20)26(30-19(3)29-23)31-21-10-13-33(14-11-21)27(36)37-22-16-34(17-22)24(35)7-6-12-32(4)5/h6-7,15,18,20-22H,8-14,16-17H2,1-5H3,(H,29,30,31)/b7-6+. The quantitative estimate of drug-likeness (QED) is 0.561. The fourth-order valence-electron chi connectivity index (χ4n) is 4.87. The number of rotatable bonds is 7. The van der Waals surface area contributed by atoms with Gasteiger partial charge in [0, 0.05) is 38.0 Å². The van der Waals surface area contributed by atoms with Crippen LogP contribution in [0.25, 0.3) is 0 Å². The van der Waals surface area contributed by atoms with Gasteiger partial charge in [-0.3, -0.25) is 9.79 Å². The molecule has 0 aliphatic carbocycles. The molecule has 202 valence electrons. The number of likely N-dealkylation sites (N-methyl/N-ethyl adjacent to an activating group) is 1. The number of nitrogens with one attached hydrogen (secondary N) is 1. The Morgan fingerprint density at radius 1 is 1.16 bits per heavy atom. The minimum absolute atomic E-state index is 0.0389. The first-order valence-corrected chi connectivity index (χ1v) is 13.4. The predicted octanol–water partition coefficient (Wildman–Crippen LogP) is 3.05. The van der Waals surface area contributed by atoms with Gasteiger partial charge in [0.2, 0.25) is 5.91 Å². The summed E-state index contributed by atoms with van der Waals surface area (Å²) in [5.41, 5.74) is 1.87. The number of hydrogen-bond donors (Lipinski definition) is 1. The number of aryl methyl sites for hydroxylation is 2. The summed E-state index contributed by atoms with van der Waals surface area (Å²) in [6.45, 7) is 9.23. The second-order valence-electron chi connectivity index (χ2n) is 11.0. The Kier molecular flexibility index (Phi) is 8.79. The molecule has 3 aliphatic rings. The lowest BCUT2D eigenvalue weighted by Gasteiger charge is -2.39. The maximum atomic E-state index is 12.7. The summed E-state index contributed by atoms with van der Waals surface area (Å²) >= 11 is 0. The molecule has 10 heteroatoms. The molecule has 10 nitrogen and oxygen atoms in total. The van der Waals surface area contributed by atoms with E-state index in [1.54, 1.807) is 15.9 Å². The molecule has 0 radical (unpaired) electrons. The summed E-state index contributed by atoms with van der Waals surface area (Å²) in [4.78, 5) is 44.4. The minimum atomic E-state index is -0.297. The largest absolute Gasteiger partial charge is 0.442 e. The van der Waals surface area contributed by atoms with E-state index in [1.807, 2.05) is 32.0 Å². The van der Waals surface area contributed by atoms with Crippen LogP contribution >= 0.6 is 0 Å². The van der Waals surface area contributed by atoms with Crippen molar-refractivity contribution in [2.75, 3.05) is 52.1 Å². The summed E-state index contributed by atoms with van der Waals surface area (Å²) in [6, 6.07) is 0.201. The maximum Gasteiger partial charge on any atom is 0.410 e. The van der Waals surface area contributed by atoms with Crippen LogP contribution in [0, 0.1) is 18.8 Å². The number of hydrogen-bond acceptors (Lipinski definition) is 8. The van der Waals surface area contributed by atoms with Crippen LogP contribution in [0.2, 0.25) is 0 Å².